The molecule has 0 spiro atoms. The summed E-state index contributed by atoms with van der Waals surface area (Å²) in [6.45, 7) is 11.6. The van der Waals surface area contributed by atoms with Gasteiger partial charge < -0.3 is 4.74 Å². The molecule has 1 fully saturated rings. The summed E-state index contributed by atoms with van der Waals surface area (Å²) in [7, 11) is 0. The van der Waals surface area contributed by atoms with Crippen molar-refractivity contribution in [1.29, 1.82) is 0 Å². The first-order chi connectivity index (χ1) is 8.06. The Morgan fingerprint density at radius 1 is 1.53 bits per heavy atom. The van der Waals surface area contributed by atoms with Crippen LogP contribution < -0.4 is 0 Å². The Labute approximate surface area is 108 Å². The Bertz CT molecular complexity index is 364. The van der Waals surface area contributed by atoms with Gasteiger partial charge >= 0.3 is 0 Å². The van der Waals surface area contributed by atoms with Crippen molar-refractivity contribution in [1.82, 2.24) is 9.88 Å². The molecule has 4 heteroatoms. The molecule has 0 radical (unpaired) electrons. The average Bonchev–Trinajstić information content (AvgIpc) is 2.72. The van der Waals surface area contributed by atoms with Gasteiger partial charge in [0.25, 0.3) is 0 Å². The van der Waals surface area contributed by atoms with E-state index in [9.17, 15) is 0 Å². The standard InChI is InChI=1S/C13H22N2OS/c1-9(2)13-14-12(8-17-13)6-15-5-11(4)16-7-10(15)3/h8-11H,5-7H2,1-4H3/t10-,11+/m0/s1. The molecule has 0 N–H and O–H groups in total. The van der Waals surface area contributed by atoms with E-state index >= 15 is 0 Å². The van der Waals surface area contributed by atoms with Crippen molar-refractivity contribution in [3.05, 3.63) is 16.1 Å². The minimum atomic E-state index is 0.342. The minimum Gasteiger partial charge on any atom is -0.376 e. The van der Waals surface area contributed by atoms with Gasteiger partial charge in [-0.3, -0.25) is 4.90 Å². The highest BCUT2D eigenvalue weighted by atomic mass is 32.1. The topological polar surface area (TPSA) is 25.4 Å². The van der Waals surface area contributed by atoms with Gasteiger partial charge in [-0.1, -0.05) is 13.8 Å². The Kier molecular flexibility index (Phi) is 4.17. The summed E-state index contributed by atoms with van der Waals surface area (Å²) < 4.78 is 5.64. The SMILES string of the molecule is CC(C)c1nc(CN2C[C@@H](C)OC[C@@H]2C)cs1. The van der Waals surface area contributed by atoms with E-state index in [0.717, 1.165) is 19.7 Å². The molecule has 3 nitrogen and oxygen atoms in total. The fourth-order valence-electron chi connectivity index (χ4n) is 2.06. The van der Waals surface area contributed by atoms with Crippen molar-refractivity contribution < 1.29 is 4.74 Å². The molecule has 1 aromatic heterocycles. The zero-order valence-electron chi connectivity index (χ0n) is 11.1. The van der Waals surface area contributed by atoms with E-state index in [1.165, 1.54) is 10.7 Å². The fourth-order valence-corrected chi connectivity index (χ4v) is 2.89. The van der Waals surface area contributed by atoms with E-state index in [4.69, 9.17) is 9.72 Å². The Morgan fingerprint density at radius 2 is 2.29 bits per heavy atom. The van der Waals surface area contributed by atoms with E-state index in [1.54, 1.807) is 11.3 Å². The van der Waals surface area contributed by atoms with Gasteiger partial charge in [-0.05, 0) is 13.8 Å². The molecule has 0 amide bonds. The van der Waals surface area contributed by atoms with Crippen LogP contribution in [0.2, 0.25) is 0 Å². The second-order valence-electron chi connectivity index (χ2n) is 5.25. The summed E-state index contributed by atoms with van der Waals surface area (Å²) in [6, 6.07) is 0.496. The number of nitrogens with zero attached hydrogens (tertiary/aromatic N) is 2. The van der Waals surface area contributed by atoms with Gasteiger partial charge in [0.15, 0.2) is 0 Å². The smallest absolute Gasteiger partial charge is 0.0954 e. The first-order valence-corrected chi connectivity index (χ1v) is 7.24. The van der Waals surface area contributed by atoms with Gasteiger partial charge in [-0.15, -0.1) is 11.3 Å². The van der Waals surface area contributed by atoms with Crippen molar-refractivity contribution in [2.75, 3.05) is 13.2 Å². The Balaban J connectivity index is 1.98. The number of hydrogen-bond donors (Lipinski definition) is 0. The molecule has 1 aliphatic rings. The average molecular weight is 254 g/mol. The fraction of sp³-hybridized carbons (Fsp3) is 0.769. The van der Waals surface area contributed by atoms with E-state index in [-0.39, 0.29) is 0 Å². The molecular weight excluding hydrogens is 232 g/mol. The van der Waals surface area contributed by atoms with Crippen molar-refractivity contribution in [3.63, 3.8) is 0 Å². The zero-order chi connectivity index (χ0) is 12.4. The van der Waals surface area contributed by atoms with Crippen LogP contribution >= 0.6 is 11.3 Å². The van der Waals surface area contributed by atoms with Crippen LogP contribution in [-0.4, -0.2) is 35.2 Å². The zero-order valence-corrected chi connectivity index (χ0v) is 12.0. The maximum atomic E-state index is 5.64. The molecule has 17 heavy (non-hydrogen) atoms. The second-order valence-corrected chi connectivity index (χ2v) is 6.14. The van der Waals surface area contributed by atoms with E-state index in [1.807, 2.05) is 0 Å². The van der Waals surface area contributed by atoms with Crippen LogP contribution in [0.3, 0.4) is 0 Å². The van der Waals surface area contributed by atoms with Crippen LogP contribution in [0.5, 0.6) is 0 Å². The number of ether oxygens (including phenoxy) is 1. The molecule has 1 aromatic rings. The van der Waals surface area contributed by atoms with E-state index in [0.29, 0.717) is 18.1 Å². The summed E-state index contributed by atoms with van der Waals surface area (Å²) in [5.41, 5.74) is 1.21. The summed E-state index contributed by atoms with van der Waals surface area (Å²) >= 11 is 1.78. The summed E-state index contributed by atoms with van der Waals surface area (Å²) in [5.74, 6) is 0.537. The molecule has 96 valence electrons. The van der Waals surface area contributed by atoms with Crippen molar-refractivity contribution >= 4 is 11.3 Å². The van der Waals surface area contributed by atoms with Crippen molar-refractivity contribution in [2.45, 2.75) is 52.3 Å². The van der Waals surface area contributed by atoms with E-state index in [2.05, 4.69) is 38.0 Å². The molecule has 1 aliphatic heterocycles. The van der Waals surface area contributed by atoms with Crippen LogP contribution in [0.1, 0.15) is 44.3 Å². The maximum Gasteiger partial charge on any atom is 0.0954 e. The third-order valence-corrected chi connectivity index (χ3v) is 4.36. The normalized spacial score (nSPS) is 26.6. The van der Waals surface area contributed by atoms with Gasteiger partial charge in [0.1, 0.15) is 0 Å². The molecular formula is C13H22N2OS. The third-order valence-electron chi connectivity index (χ3n) is 3.17. The van der Waals surface area contributed by atoms with E-state index < -0.39 is 0 Å². The van der Waals surface area contributed by atoms with Crippen LogP contribution in [-0.2, 0) is 11.3 Å². The predicted octanol–water partition coefficient (Wildman–Crippen LogP) is 2.88. The molecule has 2 atom stereocenters. The predicted molar refractivity (Wildman–Crippen MR) is 71.5 cm³/mol. The van der Waals surface area contributed by atoms with Gasteiger partial charge in [-0.25, -0.2) is 4.98 Å². The summed E-state index contributed by atoms with van der Waals surface area (Å²) in [6.07, 6.45) is 0.342. The van der Waals surface area contributed by atoms with Crippen molar-refractivity contribution in [3.8, 4) is 0 Å². The molecule has 0 saturated carbocycles. The lowest BCUT2D eigenvalue weighted by Gasteiger charge is -2.36. The number of hydrogen-bond acceptors (Lipinski definition) is 4. The first-order valence-electron chi connectivity index (χ1n) is 6.36. The lowest BCUT2D eigenvalue weighted by molar-refractivity contribution is -0.0530. The molecule has 0 bridgehead atoms. The maximum absolute atomic E-state index is 5.64. The first kappa shape index (κ1) is 13.0. The lowest BCUT2D eigenvalue weighted by atomic mass is 10.2. The summed E-state index contributed by atoms with van der Waals surface area (Å²) in [5, 5.41) is 3.44. The summed E-state index contributed by atoms with van der Waals surface area (Å²) in [4.78, 5) is 7.16. The molecule has 1 saturated heterocycles. The molecule has 0 aromatic carbocycles. The van der Waals surface area contributed by atoms with Gasteiger partial charge in [0.05, 0.1) is 23.4 Å². The molecule has 2 rings (SSSR count). The van der Waals surface area contributed by atoms with Crippen LogP contribution in [0.15, 0.2) is 5.38 Å². The monoisotopic (exact) mass is 254 g/mol. The highest BCUT2D eigenvalue weighted by Crippen LogP contribution is 2.21. The second kappa shape index (κ2) is 5.46. The minimum absolute atomic E-state index is 0.342. The van der Waals surface area contributed by atoms with Gasteiger partial charge in [-0.2, -0.15) is 0 Å². The quantitative estimate of drug-likeness (QED) is 0.829. The number of aromatic nitrogens is 1. The van der Waals surface area contributed by atoms with Crippen molar-refractivity contribution in [2.24, 2.45) is 0 Å². The highest BCUT2D eigenvalue weighted by molar-refractivity contribution is 7.09. The third kappa shape index (κ3) is 3.27. The molecule has 0 unspecified atom stereocenters. The lowest BCUT2D eigenvalue weighted by Crippen LogP contribution is -2.46. The van der Waals surface area contributed by atoms with Crippen LogP contribution in [0, 0.1) is 0 Å². The Morgan fingerprint density at radius 3 is 2.94 bits per heavy atom. The molecule has 0 aliphatic carbocycles. The van der Waals surface area contributed by atoms with Crippen LogP contribution in [0.25, 0.3) is 0 Å². The number of morpholine rings is 1. The molecule has 2 heterocycles. The number of rotatable bonds is 3. The number of thiazole rings is 1. The highest BCUT2D eigenvalue weighted by Gasteiger charge is 2.24. The van der Waals surface area contributed by atoms with Gasteiger partial charge in [0, 0.05) is 30.4 Å². The van der Waals surface area contributed by atoms with Crippen LogP contribution in [0.4, 0.5) is 0 Å². The Hall–Kier alpha value is -0.450. The largest absolute Gasteiger partial charge is 0.376 e. The van der Waals surface area contributed by atoms with Gasteiger partial charge in [0.2, 0.25) is 0 Å².